The standard InChI is InChI=1S/C12H12F7N/c1-5-3-7(4-6(2)8(5)13)9(20)10(11(14,15)16)12(17,18)19/h3-4,9-10H,20H2,1-2H3. The normalized spacial score (nSPS) is 14.8. The number of rotatable bonds is 2. The van der Waals surface area contributed by atoms with Crippen molar-refractivity contribution < 1.29 is 30.7 Å². The maximum atomic E-state index is 13.4. The molecule has 1 nitrogen and oxygen atoms in total. The van der Waals surface area contributed by atoms with Gasteiger partial charge in [-0.25, -0.2) is 4.39 Å². The lowest BCUT2D eigenvalue weighted by Gasteiger charge is -2.28. The predicted molar refractivity (Wildman–Crippen MR) is 58.4 cm³/mol. The highest BCUT2D eigenvalue weighted by Gasteiger charge is 2.59. The van der Waals surface area contributed by atoms with Gasteiger partial charge in [-0.2, -0.15) is 26.3 Å². The van der Waals surface area contributed by atoms with E-state index < -0.39 is 35.7 Å². The lowest BCUT2D eigenvalue weighted by molar-refractivity contribution is -0.290. The zero-order valence-electron chi connectivity index (χ0n) is 10.5. The Hall–Kier alpha value is -1.31. The highest BCUT2D eigenvalue weighted by Crippen LogP contribution is 2.45. The van der Waals surface area contributed by atoms with E-state index in [1.165, 1.54) is 13.8 Å². The van der Waals surface area contributed by atoms with Crippen molar-refractivity contribution in [3.8, 4) is 0 Å². The molecule has 0 radical (unpaired) electrons. The number of hydrogen-bond acceptors (Lipinski definition) is 1. The van der Waals surface area contributed by atoms with Crippen molar-refractivity contribution in [3.05, 3.63) is 34.6 Å². The van der Waals surface area contributed by atoms with Crippen molar-refractivity contribution in [1.82, 2.24) is 0 Å². The number of aryl methyl sites for hydroxylation is 2. The monoisotopic (exact) mass is 303 g/mol. The number of nitrogens with two attached hydrogens (primary N) is 1. The molecule has 0 aliphatic heterocycles. The van der Waals surface area contributed by atoms with Crippen LogP contribution in [-0.4, -0.2) is 12.4 Å². The first-order chi connectivity index (χ1) is 8.85. The minimum Gasteiger partial charge on any atom is -0.323 e. The van der Waals surface area contributed by atoms with Gasteiger partial charge in [-0.3, -0.25) is 0 Å². The fourth-order valence-corrected chi connectivity index (χ4v) is 1.96. The van der Waals surface area contributed by atoms with Gasteiger partial charge in [0.2, 0.25) is 0 Å². The van der Waals surface area contributed by atoms with Crippen molar-refractivity contribution in [1.29, 1.82) is 0 Å². The summed E-state index contributed by atoms with van der Waals surface area (Å²) in [5.41, 5.74) is 4.62. The highest BCUT2D eigenvalue weighted by molar-refractivity contribution is 5.33. The molecule has 1 rings (SSSR count). The van der Waals surface area contributed by atoms with E-state index in [1.54, 1.807) is 0 Å². The summed E-state index contributed by atoms with van der Waals surface area (Å²) < 4.78 is 88.7. The fourth-order valence-electron chi connectivity index (χ4n) is 1.96. The zero-order valence-corrected chi connectivity index (χ0v) is 10.5. The lowest BCUT2D eigenvalue weighted by atomic mass is 9.90. The zero-order chi connectivity index (χ0) is 15.9. The molecule has 0 saturated carbocycles. The molecule has 1 atom stereocenters. The molecule has 0 aliphatic rings. The summed E-state index contributed by atoms with van der Waals surface area (Å²) >= 11 is 0. The third-order valence-electron chi connectivity index (χ3n) is 2.91. The molecule has 0 amide bonds. The van der Waals surface area contributed by atoms with Crippen LogP contribution in [0, 0.1) is 25.6 Å². The molecule has 0 aliphatic carbocycles. The van der Waals surface area contributed by atoms with Crippen LogP contribution in [0.4, 0.5) is 30.7 Å². The molecule has 1 aromatic carbocycles. The van der Waals surface area contributed by atoms with Crippen molar-refractivity contribution in [2.24, 2.45) is 11.7 Å². The molecule has 20 heavy (non-hydrogen) atoms. The van der Waals surface area contributed by atoms with E-state index in [0.717, 1.165) is 12.1 Å². The van der Waals surface area contributed by atoms with Crippen LogP contribution in [0.25, 0.3) is 0 Å². The van der Waals surface area contributed by atoms with Crippen LogP contribution in [0.15, 0.2) is 12.1 Å². The smallest absolute Gasteiger partial charge is 0.323 e. The Bertz CT molecular complexity index is 453. The second-order valence-electron chi connectivity index (χ2n) is 4.56. The van der Waals surface area contributed by atoms with Gasteiger partial charge in [0.05, 0.1) is 6.04 Å². The summed E-state index contributed by atoms with van der Waals surface area (Å²) in [4.78, 5) is 0. The van der Waals surface area contributed by atoms with E-state index in [9.17, 15) is 30.7 Å². The van der Waals surface area contributed by atoms with Gasteiger partial charge in [-0.05, 0) is 30.5 Å². The number of benzene rings is 1. The predicted octanol–water partition coefficient (Wildman–Crippen LogP) is 4.18. The van der Waals surface area contributed by atoms with Crippen LogP contribution in [0.3, 0.4) is 0 Å². The van der Waals surface area contributed by atoms with Crippen molar-refractivity contribution in [2.45, 2.75) is 32.2 Å². The van der Waals surface area contributed by atoms with Gasteiger partial charge in [0.25, 0.3) is 0 Å². The second kappa shape index (κ2) is 5.23. The molecule has 2 N–H and O–H groups in total. The second-order valence-corrected chi connectivity index (χ2v) is 4.56. The average molecular weight is 303 g/mol. The SMILES string of the molecule is Cc1cc(C(N)C(C(F)(F)F)C(F)(F)F)cc(C)c1F. The van der Waals surface area contributed by atoms with E-state index >= 15 is 0 Å². The fraction of sp³-hybridized carbons (Fsp3) is 0.500. The molecule has 0 aromatic heterocycles. The summed E-state index contributed by atoms with van der Waals surface area (Å²) in [5.74, 6) is -4.38. The van der Waals surface area contributed by atoms with Crippen LogP contribution in [0.2, 0.25) is 0 Å². The maximum Gasteiger partial charge on any atom is 0.402 e. The molecule has 1 unspecified atom stereocenters. The molecular formula is C12H12F7N. The maximum absolute atomic E-state index is 13.4. The average Bonchev–Trinajstić information content (AvgIpc) is 2.20. The van der Waals surface area contributed by atoms with Crippen LogP contribution >= 0.6 is 0 Å². The minimum atomic E-state index is -5.53. The highest BCUT2D eigenvalue weighted by atomic mass is 19.4. The van der Waals surface area contributed by atoms with Crippen LogP contribution in [0.5, 0.6) is 0 Å². The van der Waals surface area contributed by atoms with E-state index in [2.05, 4.69) is 0 Å². The molecule has 0 spiro atoms. The Morgan fingerprint density at radius 1 is 0.900 bits per heavy atom. The van der Waals surface area contributed by atoms with Crippen LogP contribution < -0.4 is 5.73 Å². The Morgan fingerprint density at radius 3 is 1.55 bits per heavy atom. The van der Waals surface area contributed by atoms with Crippen molar-refractivity contribution in [2.75, 3.05) is 0 Å². The Morgan fingerprint density at radius 2 is 1.25 bits per heavy atom. The Balaban J connectivity index is 3.30. The molecule has 114 valence electrons. The van der Waals surface area contributed by atoms with E-state index in [1.807, 2.05) is 0 Å². The molecule has 0 bridgehead atoms. The van der Waals surface area contributed by atoms with Gasteiger partial charge >= 0.3 is 12.4 Å². The van der Waals surface area contributed by atoms with Gasteiger partial charge in [0.15, 0.2) is 5.92 Å². The van der Waals surface area contributed by atoms with Crippen LogP contribution in [0.1, 0.15) is 22.7 Å². The first-order valence-corrected chi connectivity index (χ1v) is 5.51. The minimum absolute atomic E-state index is 0.0569. The third kappa shape index (κ3) is 3.41. The third-order valence-corrected chi connectivity index (χ3v) is 2.91. The molecule has 0 heterocycles. The summed E-state index contributed by atoms with van der Waals surface area (Å²) in [7, 11) is 0. The van der Waals surface area contributed by atoms with Gasteiger partial charge in [0.1, 0.15) is 5.82 Å². The number of halogens is 7. The van der Waals surface area contributed by atoms with E-state index in [4.69, 9.17) is 5.73 Å². The first-order valence-electron chi connectivity index (χ1n) is 5.51. The molecular weight excluding hydrogens is 291 g/mol. The van der Waals surface area contributed by atoms with Gasteiger partial charge in [-0.15, -0.1) is 0 Å². The van der Waals surface area contributed by atoms with Gasteiger partial charge in [0, 0.05) is 0 Å². The molecule has 8 heteroatoms. The number of alkyl halides is 6. The molecule has 0 fully saturated rings. The number of hydrogen-bond donors (Lipinski definition) is 1. The first kappa shape index (κ1) is 16.7. The molecule has 0 saturated heterocycles. The largest absolute Gasteiger partial charge is 0.402 e. The summed E-state index contributed by atoms with van der Waals surface area (Å²) in [6.07, 6.45) is -11.1. The summed E-state index contributed by atoms with van der Waals surface area (Å²) in [6, 6.07) is -0.539. The van der Waals surface area contributed by atoms with Gasteiger partial charge < -0.3 is 5.73 Å². The van der Waals surface area contributed by atoms with E-state index in [-0.39, 0.29) is 11.1 Å². The van der Waals surface area contributed by atoms with E-state index in [0.29, 0.717) is 0 Å². The summed E-state index contributed by atoms with van der Waals surface area (Å²) in [5, 5.41) is 0. The van der Waals surface area contributed by atoms with Gasteiger partial charge in [-0.1, -0.05) is 12.1 Å². The Labute approximate surface area is 110 Å². The quantitative estimate of drug-likeness (QED) is 0.815. The Kier molecular flexibility index (Phi) is 4.38. The van der Waals surface area contributed by atoms with Crippen LogP contribution in [-0.2, 0) is 0 Å². The topological polar surface area (TPSA) is 26.0 Å². The summed E-state index contributed by atoms with van der Waals surface area (Å²) in [6.45, 7) is 2.49. The van der Waals surface area contributed by atoms with Crippen molar-refractivity contribution in [3.63, 3.8) is 0 Å². The molecule has 1 aromatic rings. The van der Waals surface area contributed by atoms with Crippen molar-refractivity contribution >= 4 is 0 Å². The lowest BCUT2D eigenvalue weighted by Crippen LogP contribution is -2.44.